The quantitative estimate of drug-likeness (QED) is 0.0535. The molecule has 0 aliphatic rings. The van der Waals surface area contributed by atoms with Crippen molar-refractivity contribution in [3.63, 3.8) is 0 Å². The van der Waals surface area contributed by atoms with Gasteiger partial charge in [-0.05, 0) is 38.5 Å². The van der Waals surface area contributed by atoms with Gasteiger partial charge < -0.3 is 51.9 Å². The Morgan fingerprint density at radius 1 is 0.152 bits per heavy atom. The topological polar surface area (TPSA) is 13.3 Å². The van der Waals surface area contributed by atoms with Gasteiger partial charge in [-0.15, -0.1) is 0 Å². The van der Waals surface area contributed by atoms with E-state index in [1.165, 1.54) is 328 Å². The first kappa shape index (κ1) is 78.2. The maximum atomic E-state index is 2.30. The second-order valence-electron chi connectivity index (χ2n) is 21.8. The summed E-state index contributed by atoms with van der Waals surface area (Å²) in [5, 5.41) is 0. The molecule has 0 saturated heterocycles. The minimum Gasteiger partial charge on any atom is -1.00 e. The molecule has 0 rings (SSSR count). The van der Waals surface area contributed by atoms with E-state index in [-0.39, 0.29) is 37.2 Å². The number of hydrogen-bond acceptors (Lipinski definition) is 0. The Kier molecular flexibility index (Phi) is 88.5. The highest BCUT2D eigenvalue weighted by Crippen LogP contribution is 2.16. The van der Waals surface area contributed by atoms with Gasteiger partial charge in [0, 0.05) is 0 Å². The minimum atomic E-state index is 0. The molecule has 0 atom stereocenters. The van der Waals surface area contributed by atoms with E-state index in [9.17, 15) is 0 Å². The Bertz CT molecular complexity index is 643. The zero-order valence-electron chi connectivity index (χ0n) is 47.7. The van der Waals surface area contributed by atoms with Crippen molar-refractivity contribution in [2.75, 3.05) is 61.9 Å². The summed E-state index contributed by atoms with van der Waals surface area (Å²) in [4.78, 5) is 4.79. The molecule has 66 heavy (non-hydrogen) atoms. The molecule has 0 aromatic heterocycles. The Morgan fingerprint density at radius 2 is 0.242 bits per heavy atom. The first-order valence-electron chi connectivity index (χ1n) is 30.2. The van der Waals surface area contributed by atoms with E-state index in [1.807, 2.05) is 0 Å². The zero-order valence-corrected chi connectivity index (χ0v) is 50.0. The molecule has 0 heterocycles. The van der Waals surface area contributed by atoms with Crippen molar-refractivity contribution >= 4 is 0 Å². The van der Waals surface area contributed by atoms with Gasteiger partial charge >= 0.3 is 0 Å². The van der Waals surface area contributed by atoms with Gasteiger partial charge in [-0.1, -0.05) is 290 Å². The van der Waals surface area contributed by atoms with Gasteiger partial charge in [-0.2, -0.15) is 0 Å². The number of rotatable bonds is 51. The Labute approximate surface area is 440 Å². The van der Waals surface area contributed by atoms with Gasteiger partial charge in [-0.25, -0.2) is 0 Å². The summed E-state index contributed by atoms with van der Waals surface area (Å²) in [6.07, 6.45) is 70.3. The molecule has 0 amide bonds. The highest BCUT2D eigenvalue weighted by atomic mass is 35.5. The predicted molar refractivity (Wildman–Crippen MR) is 292 cm³/mol. The van der Waals surface area contributed by atoms with E-state index in [0.29, 0.717) is 0 Å². The lowest BCUT2D eigenvalue weighted by atomic mass is 10.0. The number of halogens is 3. The molecule has 6 heteroatoms. The van der Waals surface area contributed by atoms with Crippen LogP contribution in [0.15, 0.2) is 0 Å². The van der Waals surface area contributed by atoms with Crippen LogP contribution in [0.4, 0.5) is 0 Å². The standard InChI is InChI=1S/3C20H43N.3ClH/c3*1-4-5-6-7-8-9-10-11-12-13-14-15-16-17-18-19-20-21(2)3;;;/h3*4-20H2,1-3H3;3*1H. The van der Waals surface area contributed by atoms with Crippen LogP contribution in [0.25, 0.3) is 0 Å². The molecule has 0 bridgehead atoms. The fourth-order valence-electron chi connectivity index (χ4n) is 9.08. The predicted octanol–water partition coefficient (Wildman–Crippen LogP) is 7.19. The maximum absolute atomic E-state index is 2.30. The van der Waals surface area contributed by atoms with Crippen LogP contribution in [0.5, 0.6) is 0 Å². The van der Waals surface area contributed by atoms with Crippen LogP contribution < -0.4 is 51.9 Å². The van der Waals surface area contributed by atoms with Crippen molar-refractivity contribution in [1.82, 2.24) is 0 Å². The lowest BCUT2D eigenvalue weighted by molar-refractivity contribution is -0.858. The van der Waals surface area contributed by atoms with Gasteiger partial charge in [0.05, 0.1) is 61.9 Å². The summed E-state index contributed by atoms with van der Waals surface area (Å²) >= 11 is 0. The third-order valence-electron chi connectivity index (χ3n) is 13.6. The van der Waals surface area contributed by atoms with E-state index in [1.54, 1.807) is 14.7 Å². The fraction of sp³-hybridized carbons (Fsp3) is 1.00. The van der Waals surface area contributed by atoms with Crippen molar-refractivity contribution in [1.29, 1.82) is 0 Å². The first-order valence-corrected chi connectivity index (χ1v) is 30.2. The molecule has 0 aliphatic carbocycles. The van der Waals surface area contributed by atoms with E-state index in [4.69, 9.17) is 0 Å². The largest absolute Gasteiger partial charge is 1.00 e. The summed E-state index contributed by atoms with van der Waals surface area (Å²) in [6, 6.07) is 0. The zero-order chi connectivity index (χ0) is 46.8. The molecule has 0 unspecified atom stereocenters. The van der Waals surface area contributed by atoms with Crippen molar-refractivity contribution in [3.8, 4) is 0 Å². The molecule has 3 N–H and O–H groups in total. The average molecular weight is 1000 g/mol. The Morgan fingerprint density at radius 3 is 0.333 bits per heavy atom. The lowest BCUT2D eigenvalue weighted by Gasteiger charge is -2.06. The lowest BCUT2D eigenvalue weighted by Crippen LogP contribution is -3.05. The normalized spacial score (nSPS) is 10.9. The van der Waals surface area contributed by atoms with Crippen LogP contribution in [0.3, 0.4) is 0 Å². The van der Waals surface area contributed by atoms with Crippen molar-refractivity contribution in [3.05, 3.63) is 0 Å². The summed E-state index contributed by atoms with van der Waals surface area (Å²) in [7, 11) is 13.5. The smallest absolute Gasteiger partial charge is 0.0766 e. The van der Waals surface area contributed by atoms with Crippen LogP contribution >= 0.6 is 0 Å². The number of nitrogens with one attached hydrogen (secondary N) is 3. The minimum absolute atomic E-state index is 0. The summed E-state index contributed by atoms with van der Waals surface area (Å²) in [6.45, 7) is 10.9. The van der Waals surface area contributed by atoms with Gasteiger partial charge in [-0.3, -0.25) is 0 Å². The first-order chi connectivity index (χ1) is 30.8. The number of unbranched alkanes of at least 4 members (excludes halogenated alkanes) is 45. The SMILES string of the molecule is CCCCCCCCCCCCCCCCCC[NH+](C)C.CCCCCCCCCCCCCCCCCC[NH+](C)C.CCCCCCCCCCCCCCCCCC[NH+](C)C.[Cl-].[Cl-].[Cl-]. The van der Waals surface area contributed by atoms with E-state index in [2.05, 4.69) is 63.1 Å². The summed E-state index contributed by atoms with van der Waals surface area (Å²) in [5.41, 5.74) is 0. The van der Waals surface area contributed by atoms with Crippen LogP contribution in [0.2, 0.25) is 0 Å². The maximum Gasteiger partial charge on any atom is 0.0766 e. The molecular weight excluding hydrogens is 869 g/mol. The monoisotopic (exact) mass is 1000 g/mol. The van der Waals surface area contributed by atoms with Gasteiger partial charge in [0.1, 0.15) is 0 Å². The molecule has 0 saturated carbocycles. The number of hydrogen-bond donors (Lipinski definition) is 3. The summed E-state index contributed by atoms with van der Waals surface area (Å²) in [5.74, 6) is 0. The van der Waals surface area contributed by atoms with Gasteiger partial charge in [0.25, 0.3) is 0 Å². The van der Waals surface area contributed by atoms with Crippen LogP contribution in [0, 0.1) is 0 Å². The molecular formula is C60H132Cl3N3. The molecule has 0 aromatic rings. The van der Waals surface area contributed by atoms with E-state index < -0.39 is 0 Å². The Hall–Kier alpha value is 0.750. The molecule has 0 aromatic carbocycles. The van der Waals surface area contributed by atoms with Crippen LogP contribution in [-0.2, 0) is 0 Å². The molecule has 3 nitrogen and oxygen atoms in total. The van der Waals surface area contributed by atoms with Gasteiger partial charge in [0.2, 0.25) is 0 Å². The van der Waals surface area contributed by atoms with Crippen molar-refractivity contribution < 1.29 is 51.9 Å². The van der Waals surface area contributed by atoms with Crippen molar-refractivity contribution in [2.45, 2.75) is 329 Å². The third kappa shape index (κ3) is 87.8. The molecule has 408 valence electrons. The van der Waals surface area contributed by atoms with E-state index >= 15 is 0 Å². The van der Waals surface area contributed by atoms with Gasteiger partial charge in [0.15, 0.2) is 0 Å². The Balaban J connectivity index is -0.000000200. The second-order valence-corrected chi connectivity index (χ2v) is 21.8. The van der Waals surface area contributed by atoms with E-state index in [0.717, 1.165) is 0 Å². The highest BCUT2D eigenvalue weighted by Gasteiger charge is 1.99. The average Bonchev–Trinajstić information content (AvgIpc) is 3.26. The highest BCUT2D eigenvalue weighted by molar-refractivity contribution is 4.53. The molecule has 0 fully saturated rings. The third-order valence-corrected chi connectivity index (χ3v) is 13.6. The molecule has 0 aliphatic heterocycles. The summed E-state index contributed by atoms with van der Waals surface area (Å²) < 4.78 is 0. The van der Waals surface area contributed by atoms with Crippen LogP contribution in [-0.4, -0.2) is 61.9 Å². The van der Waals surface area contributed by atoms with Crippen LogP contribution in [0.1, 0.15) is 329 Å². The number of quaternary nitrogens is 3. The second kappa shape index (κ2) is 74.7. The van der Waals surface area contributed by atoms with Crippen molar-refractivity contribution in [2.24, 2.45) is 0 Å². The molecule has 0 radical (unpaired) electrons. The molecule has 0 spiro atoms. The fourth-order valence-corrected chi connectivity index (χ4v) is 9.08.